The number of aromatic nitrogens is 2. The molecule has 8 heteroatoms. The van der Waals surface area contributed by atoms with Gasteiger partial charge in [-0.05, 0) is 24.3 Å². The van der Waals surface area contributed by atoms with Crippen LogP contribution in [0.2, 0.25) is 0 Å². The van der Waals surface area contributed by atoms with Crippen molar-refractivity contribution in [3.63, 3.8) is 0 Å². The SMILES string of the molecule is COC(=O)C1=C(C(=O)OC)N(c2ccccc2-c2nnco2)C=CC=C1. The first-order chi connectivity index (χ1) is 12.7. The average Bonchev–Trinajstić information content (AvgIpc) is 3.13. The lowest BCUT2D eigenvalue weighted by Crippen LogP contribution is -2.27. The van der Waals surface area contributed by atoms with E-state index in [0.717, 1.165) is 0 Å². The molecule has 1 aromatic heterocycles. The second kappa shape index (κ2) is 7.47. The van der Waals surface area contributed by atoms with Crippen LogP contribution < -0.4 is 4.90 Å². The fourth-order valence-electron chi connectivity index (χ4n) is 2.51. The van der Waals surface area contributed by atoms with Crippen LogP contribution in [0.1, 0.15) is 0 Å². The summed E-state index contributed by atoms with van der Waals surface area (Å²) in [6, 6.07) is 7.11. The molecule has 0 aliphatic carbocycles. The van der Waals surface area contributed by atoms with Gasteiger partial charge in [0.2, 0.25) is 12.3 Å². The summed E-state index contributed by atoms with van der Waals surface area (Å²) >= 11 is 0. The minimum absolute atomic E-state index is 0.0105. The molecule has 0 saturated heterocycles. The summed E-state index contributed by atoms with van der Waals surface area (Å²) in [5.74, 6) is -1.08. The molecule has 2 heterocycles. The van der Waals surface area contributed by atoms with Gasteiger partial charge in [0.05, 0.1) is 31.0 Å². The van der Waals surface area contributed by atoms with Crippen molar-refractivity contribution in [2.24, 2.45) is 0 Å². The third-order valence-corrected chi connectivity index (χ3v) is 3.64. The molecule has 132 valence electrons. The van der Waals surface area contributed by atoms with Crippen molar-refractivity contribution in [1.29, 1.82) is 0 Å². The Labute approximate surface area is 149 Å². The Morgan fingerprint density at radius 1 is 1.08 bits per heavy atom. The summed E-state index contributed by atoms with van der Waals surface area (Å²) < 4.78 is 15.0. The number of nitrogens with zero attached hydrogens (tertiary/aromatic N) is 3. The predicted molar refractivity (Wildman–Crippen MR) is 91.6 cm³/mol. The Morgan fingerprint density at radius 2 is 1.85 bits per heavy atom. The van der Waals surface area contributed by atoms with Gasteiger partial charge in [-0.3, -0.25) is 0 Å². The molecule has 0 unspecified atom stereocenters. The molecule has 0 atom stereocenters. The van der Waals surface area contributed by atoms with E-state index in [4.69, 9.17) is 13.9 Å². The van der Waals surface area contributed by atoms with E-state index in [1.807, 2.05) is 0 Å². The van der Waals surface area contributed by atoms with Gasteiger partial charge in [0.25, 0.3) is 0 Å². The maximum absolute atomic E-state index is 12.5. The summed E-state index contributed by atoms with van der Waals surface area (Å²) in [5.41, 5.74) is 1.21. The van der Waals surface area contributed by atoms with Crippen LogP contribution in [0.4, 0.5) is 5.69 Å². The van der Waals surface area contributed by atoms with Crippen molar-refractivity contribution < 1.29 is 23.5 Å². The Balaban J connectivity index is 2.23. The second-order valence-corrected chi connectivity index (χ2v) is 5.08. The van der Waals surface area contributed by atoms with Crippen LogP contribution in [0.25, 0.3) is 11.5 Å². The monoisotopic (exact) mass is 353 g/mol. The smallest absolute Gasteiger partial charge is 0.355 e. The van der Waals surface area contributed by atoms with Crippen LogP contribution in [0.15, 0.2) is 70.8 Å². The summed E-state index contributed by atoms with van der Waals surface area (Å²) in [4.78, 5) is 26.2. The lowest BCUT2D eigenvalue weighted by Gasteiger charge is -2.24. The lowest BCUT2D eigenvalue weighted by molar-refractivity contribution is -0.139. The highest BCUT2D eigenvalue weighted by Crippen LogP contribution is 2.34. The maximum atomic E-state index is 12.5. The highest BCUT2D eigenvalue weighted by atomic mass is 16.5. The number of carbonyl (C=O) groups excluding carboxylic acids is 2. The molecule has 8 nitrogen and oxygen atoms in total. The van der Waals surface area contributed by atoms with E-state index in [1.165, 1.54) is 31.6 Å². The molecule has 26 heavy (non-hydrogen) atoms. The standard InChI is InChI=1S/C18H15N3O5/c1-24-17(22)13-8-5-6-10-21(15(13)18(23)25-2)14-9-4-3-7-12(14)16-20-19-11-26-16/h3-11H,1-2H3. The fourth-order valence-corrected chi connectivity index (χ4v) is 2.51. The number of hydrogen-bond acceptors (Lipinski definition) is 8. The van der Waals surface area contributed by atoms with Crippen LogP contribution in [0, 0.1) is 0 Å². The van der Waals surface area contributed by atoms with E-state index in [0.29, 0.717) is 11.3 Å². The van der Waals surface area contributed by atoms with Crippen LogP contribution in [0.3, 0.4) is 0 Å². The highest BCUT2D eigenvalue weighted by molar-refractivity contribution is 6.06. The van der Waals surface area contributed by atoms with Gasteiger partial charge in [-0.2, -0.15) is 0 Å². The van der Waals surface area contributed by atoms with Gasteiger partial charge in [0.1, 0.15) is 5.70 Å². The molecule has 0 bridgehead atoms. The molecule has 1 aliphatic heterocycles. The van der Waals surface area contributed by atoms with Crippen LogP contribution in [0.5, 0.6) is 0 Å². The molecule has 3 rings (SSSR count). The maximum Gasteiger partial charge on any atom is 0.355 e. The van der Waals surface area contributed by atoms with Crippen molar-refractivity contribution in [1.82, 2.24) is 10.2 Å². The van der Waals surface area contributed by atoms with E-state index >= 15 is 0 Å². The molecular weight excluding hydrogens is 338 g/mol. The number of rotatable bonds is 4. The van der Waals surface area contributed by atoms with Crippen LogP contribution in [-0.4, -0.2) is 36.4 Å². The van der Waals surface area contributed by atoms with E-state index in [9.17, 15) is 9.59 Å². The molecule has 1 aliphatic rings. The third kappa shape index (κ3) is 3.12. The number of para-hydroxylation sites is 1. The molecule has 0 saturated carbocycles. The molecule has 0 N–H and O–H groups in total. The van der Waals surface area contributed by atoms with Gasteiger partial charge in [-0.1, -0.05) is 18.2 Å². The van der Waals surface area contributed by atoms with E-state index < -0.39 is 11.9 Å². The summed E-state index contributed by atoms with van der Waals surface area (Å²) in [5, 5.41) is 7.61. The minimum atomic E-state index is -0.693. The summed E-state index contributed by atoms with van der Waals surface area (Å²) in [6.45, 7) is 0. The van der Waals surface area contributed by atoms with Gasteiger partial charge in [0.15, 0.2) is 0 Å². The Morgan fingerprint density at radius 3 is 2.54 bits per heavy atom. The lowest BCUT2D eigenvalue weighted by atomic mass is 10.1. The Bertz CT molecular complexity index is 913. The Kier molecular flexibility index (Phi) is 4.93. The average molecular weight is 353 g/mol. The van der Waals surface area contributed by atoms with Gasteiger partial charge < -0.3 is 18.8 Å². The Hall–Kier alpha value is -3.68. The third-order valence-electron chi connectivity index (χ3n) is 3.64. The predicted octanol–water partition coefficient (Wildman–Crippen LogP) is 2.23. The van der Waals surface area contributed by atoms with Gasteiger partial charge >= 0.3 is 11.9 Å². The zero-order valence-corrected chi connectivity index (χ0v) is 14.1. The van der Waals surface area contributed by atoms with Crippen molar-refractivity contribution in [2.75, 3.05) is 19.1 Å². The summed E-state index contributed by atoms with van der Waals surface area (Å²) in [7, 11) is 2.48. The van der Waals surface area contributed by atoms with E-state index in [-0.39, 0.29) is 17.2 Å². The minimum Gasteiger partial charge on any atom is -0.465 e. The van der Waals surface area contributed by atoms with Gasteiger partial charge in [-0.15, -0.1) is 10.2 Å². The molecular formula is C18H15N3O5. The molecule has 0 amide bonds. The quantitative estimate of drug-likeness (QED) is 0.772. The number of methoxy groups -OCH3 is 2. The number of ether oxygens (including phenoxy) is 2. The van der Waals surface area contributed by atoms with Crippen LogP contribution in [-0.2, 0) is 19.1 Å². The van der Waals surface area contributed by atoms with Gasteiger partial charge in [0, 0.05) is 6.20 Å². The van der Waals surface area contributed by atoms with Crippen molar-refractivity contribution >= 4 is 17.6 Å². The largest absolute Gasteiger partial charge is 0.465 e. The normalized spacial score (nSPS) is 13.5. The number of esters is 2. The molecule has 0 spiro atoms. The number of benzene rings is 1. The summed E-state index contributed by atoms with van der Waals surface area (Å²) in [6.07, 6.45) is 7.65. The van der Waals surface area contributed by atoms with Crippen molar-refractivity contribution in [3.8, 4) is 11.5 Å². The number of anilines is 1. The number of carbonyl (C=O) groups is 2. The molecule has 1 aromatic carbocycles. The molecule has 0 fully saturated rings. The van der Waals surface area contributed by atoms with Gasteiger partial charge in [-0.25, -0.2) is 9.59 Å². The number of hydrogen-bond donors (Lipinski definition) is 0. The fraction of sp³-hybridized carbons (Fsp3) is 0.111. The number of allylic oxidation sites excluding steroid dienone is 2. The van der Waals surface area contributed by atoms with Crippen LogP contribution >= 0.6 is 0 Å². The van der Waals surface area contributed by atoms with Crippen molar-refractivity contribution in [2.45, 2.75) is 0 Å². The first-order valence-electron chi connectivity index (χ1n) is 7.58. The van der Waals surface area contributed by atoms with E-state index in [2.05, 4.69) is 10.2 Å². The first-order valence-corrected chi connectivity index (χ1v) is 7.58. The highest BCUT2D eigenvalue weighted by Gasteiger charge is 2.29. The molecule has 0 radical (unpaired) electrons. The first kappa shape index (κ1) is 17.2. The topological polar surface area (TPSA) is 94.8 Å². The second-order valence-electron chi connectivity index (χ2n) is 5.08. The van der Waals surface area contributed by atoms with Crippen molar-refractivity contribution in [3.05, 3.63) is 66.4 Å². The van der Waals surface area contributed by atoms with E-state index in [1.54, 1.807) is 42.6 Å². The zero-order valence-electron chi connectivity index (χ0n) is 14.1. The zero-order chi connectivity index (χ0) is 18.5. The molecule has 2 aromatic rings.